The van der Waals surface area contributed by atoms with Crippen LogP contribution in [0.3, 0.4) is 0 Å². The second-order valence-corrected chi connectivity index (χ2v) is 2.93. The number of benzene rings is 1. The van der Waals surface area contributed by atoms with Crippen molar-refractivity contribution in [1.29, 1.82) is 0 Å². The molecule has 0 aromatic heterocycles. The first-order chi connectivity index (χ1) is 6.60. The molecule has 0 bridgehead atoms. The second kappa shape index (κ2) is 7.21. The molecule has 14 heavy (non-hydrogen) atoms. The summed E-state index contributed by atoms with van der Waals surface area (Å²) in [4.78, 5) is 0. The molecule has 0 heterocycles. The van der Waals surface area contributed by atoms with E-state index < -0.39 is 6.10 Å². The molecule has 0 saturated heterocycles. The van der Waals surface area contributed by atoms with Gasteiger partial charge >= 0.3 is 0 Å². The van der Waals surface area contributed by atoms with Crippen molar-refractivity contribution in [3.63, 3.8) is 0 Å². The summed E-state index contributed by atoms with van der Waals surface area (Å²) in [7, 11) is 3.27. The Labute approximate surface area is 85.3 Å². The minimum absolute atomic E-state index is 0.417. The van der Waals surface area contributed by atoms with Crippen LogP contribution in [0.2, 0.25) is 0 Å². The van der Waals surface area contributed by atoms with Gasteiger partial charge in [-0.05, 0) is 26.0 Å². The number of rotatable bonds is 2. The Bertz CT molecular complexity index is 224. The van der Waals surface area contributed by atoms with Gasteiger partial charge in [0.15, 0.2) is 0 Å². The van der Waals surface area contributed by atoms with Crippen molar-refractivity contribution < 1.29 is 14.6 Å². The average molecular weight is 197 g/mol. The summed E-state index contributed by atoms with van der Waals surface area (Å²) < 4.78 is 9.95. The first-order valence-electron chi connectivity index (χ1n) is 4.44. The Kier molecular flexibility index (Phi) is 6.58. The first kappa shape index (κ1) is 12.8. The molecule has 0 atom stereocenters. The minimum Gasteiger partial charge on any atom is -0.497 e. The van der Waals surface area contributed by atoms with E-state index in [2.05, 4.69) is 0 Å². The zero-order chi connectivity index (χ0) is 11.0. The summed E-state index contributed by atoms with van der Waals surface area (Å²) in [6.07, 6.45) is -0.417. The Hall–Kier alpha value is -1.22. The van der Waals surface area contributed by atoms with E-state index in [1.807, 2.05) is 24.3 Å². The minimum atomic E-state index is -0.417. The summed E-state index contributed by atoms with van der Waals surface area (Å²) >= 11 is 0. The Morgan fingerprint density at radius 2 is 1.43 bits per heavy atom. The smallest absolute Gasteiger partial charge is 0.122 e. The Morgan fingerprint density at radius 3 is 1.71 bits per heavy atom. The van der Waals surface area contributed by atoms with Crippen LogP contribution in [0.4, 0.5) is 0 Å². The molecule has 0 unspecified atom stereocenters. The number of hydrogen-bond donors (Lipinski definition) is 0. The normalized spacial score (nSPS) is 9.00. The fourth-order valence-electron chi connectivity index (χ4n) is 0.728. The van der Waals surface area contributed by atoms with E-state index in [1.54, 1.807) is 28.1 Å². The Balaban J connectivity index is 0.000000364. The van der Waals surface area contributed by atoms with Gasteiger partial charge in [0.25, 0.3) is 0 Å². The largest absolute Gasteiger partial charge is 0.497 e. The van der Waals surface area contributed by atoms with E-state index in [4.69, 9.17) is 9.47 Å². The van der Waals surface area contributed by atoms with Crippen LogP contribution in [0.25, 0.3) is 0 Å². The Morgan fingerprint density at radius 1 is 1.07 bits per heavy atom. The molecule has 3 heteroatoms. The van der Waals surface area contributed by atoms with E-state index in [0.29, 0.717) is 0 Å². The summed E-state index contributed by atoms with van der Waals surface area (Å²) in [6.45, 7) is 3.22. The first-order valence-corrected chi connectivity index (χ1v) is 4.44. The predicted octanol–water partition coefficient (Wildman–Crippen LogP) is 2.53. The number of ether oxygens (including phenoxy) is 2. The van der Waals surface area contributed by atoms with Crippen molar-refractivity contribution >= 4 is 0 Å². The maximum atomic E-state index is 9.53. The third-order valence-electron chi connectivity index (χ3n) is 1.28. The van der Waals surface area contributed by atoms with Crippen molar-refractivity contribution in [2.45, 2.75) is 20.0 Å². The van der Waals surface area contributed by atoms with Gasteiger partial charge in [-0.2, -0.15) is 0 Å². The second-order valence-electron chi connectivity index (χ2n) is 2.93. The molecule has 1 aromatic rings. The van der Waals surface area contributed by atoms with Crippen LogP contribution in [0.15, 0.2) is 24.3 Å². The van der Waals surface area contributed by atoms with Crippen molar-refractivity contribution in [2.75, 3.05) is 14.2 Å². The molecule has 1 radical (unpaired) electrons. The summed E-state index contributed by atoms with van der Waals surface area (Å²) in [5.74, 6) is 1.64. The average Bonchev–Trinajstić information content (AvgIpc) is 2.17. The van der Waals surface area contributed by atoms with Crippen molar-refractivity contribution in [3.8, 4) is 11.5 Å². The number of methoxy groups -OCH3 is 2. The van der Waals surface area contributed by atoms with Gasteiger partial charge in [-0.3, -0.25) is 0 Å². The molecule has 0 aliphatic rings. The van der Waals surface area contributed by atoms with E-state index in [-0.39, 0.29) is 0 Å². The quantitative estimate of drug-likeness (QED) is 0.730. The van der Waals surface area contributed by atoms with E-state index in [0.717, 1.165) is 11.5 Å². The van der Waals surface area contributed by atoms with Crippen molar-refractivity contribution in [2.24, 2.45) is 0 Å². The zero-order valence-electron chi connectivity index (χ0n) is 9.11. The van der Waals surface area contributed by atoms with Gasteiger partial charge in [-0.1, -0.05) is 6.07 Å². The third-order valence-corrected chi connectivity index (χ3v) is 1.28. The molecule has 0 N–H and O–H groups in total. The van der Waals surface area contributed by atoms with Gasteiger partial charge < -0.3 is 9.47 Å². The van der Waals surface area contributed by atoms with Gasteiger partial charge in [0, 0.05) is 6.07 Å². The molecule has 1 aromatic carbocycles. The van der Waals surface area contributed by atoms with Crippen molar-refractivity contribution in [3.05, 3.63) is 24.3 Å². The third kappa shape index (κ3) is 6.31. The van der Waals surface area contributed by atoms with Gasteiger partial charge in [-0.25, -0.2) is 5.11 Å². The van der Waals surface area contributed by atoms with E-state index in [1.165, 1.54) is 0 Å². The summed E-state index contributed by atoms with van der Waals surface area (Å²) in [5, 5.41) is 9.53. The molecule has 0 spiro atoms. The van der Waals surface area contributed by atoms with Crippen LogP contribution in [0.5, 0.6) is 11.5 Å². The van der Waals surface area contributed by atoms with E-state index >= 15 is 0 Å². The summed E-state index contributed by atoms with van der Waals surface area (Å²) in [6, 6.07) is 7.47. The molecule has 0 amide bonds. The molecule has 79 valence electrons. The molecule has 0 saturated carbocycles. The molecular weight excluding hydrogens is 180 g/mol. The lowest BCUT2D eigenvalue weighted by Gasteiger charge is -2.01. The van der Waals surface area contributed by atoms with Crippen LogP contribution in [-0.2, 0) is 5.11 Å². The van der Waals surface area contributed by atoms with Gasteiger partial charge in [0.05, 0.1) is 20.3 Å². The fourth-order valence-corrected chi connectivity index (χ4v) is 0.728. The lowest BCUT2D eigenvalue weighted by molar-refractivity contribution is 0.122. The molecule has 0 aliphatic carbocycles. The standard InChI is InChI=1S/C8H10O2.C3H7O/c1-9-7-4-3-5-8(6-7)10-2;1-3(2)4/h3-6H,1-2H3;3H,1-2H3. The van der Waals surface area contributed by atoms with Gasteiger partial charge in [0.1, 0.15) is 11.5 Å². The van der Waals surface area contributed by atoms with E-state index in [9.17, 15) is 5.11 Å². The molecule has 1 rings (SSSR count). The highest BCUT2D eigenvalue weighted by atomic mass is 16.5. The van der Waals surface area contributed by atoms with Gasteiger partial charge in [-0.15, -0.1) is 0 Å². The molecule has 0 fully saturated rings. The predicted molar refractivity (Wildman–Crippen MR) is 55.4 cm³/mol. The fraction of sp³-hybridized carbons (Fsp3) is 0.455. The van der Waals surface area contributed by atoms with Crippen molar-refractivity contribution in [1.82, 2.24) is 0 Å². The molecule has 3 nitrogen and oxygen atoms in total. The zero-order valence-corrected chi connectivity index (χ0v) is 9.11. The lowest BCUT2D eigenvalue weighted by atomic mass is 10.3. The molecular formula is C11H17O3. The van der Waals surface area contributed by atoms with Gasteiger partial charge in [0.2, 0.25) is 0 Å². The highest BCUT2D eigenvalue weighted by Gasteiger charge is 1.91. The maximum Gasteiger partial charge on any atom is 0.122 e. The van der Waals surface area contributed by atoms with Crippen LogP contribution in [0.1, 0.15) is 13.8 Å². The van der Waals surface area contributed by atoms with Crippen LogP contribution in [0, 0.1) is 0 Å². The lowest BCUT2D eigenvalue weighted by Crippen LogP contribution is -1.84. The SMILES string of the molecule is CC(C)[O].COc1cccc(OC)c1. The monoisotopic (exact) mass is 197 g/mol. The number of hydrogen-bond acceptors (Lipinski definition) is 2. The van der Waals surface area contributed by atoms with Crippen LogP contribution < -0.4 is 9.47 Å². The van der Waals surface area contributed by atoms with Crippen LogP contribution in [-0.4, -0.2) is 20.3 Å². The molecule has 0 aliphatic heterocycles. The topological polar surface area (TPSA) is 38.4 Å². The highest BCUT2D eigenvalue weighted by molar-refractivity contribution is 5.32. The van der Waals surface area contributed by atoms with Crippen LogP contribution >= 0.6 is 0 Å². The summed E-state index contributed by atoms with van der Waals surface area (Å²) in [5.41, 5.74) is 0. The maximum absolute atomic E-state index is 9.53. The highest BCUT2D eigenvalue weighted by Crippen LogP contribution is 2.17.